The number of nitrogens with zero attached hydrogens (tertiary/aromatic N) is 3. The molecule has 20 heavy (non-hydrogen) atoms. The topological polar surface area (TPSA) is 80.0 Å². The van der Waals surface area contributed by atoms with Gasteiger partial charge in [-0.3, -0.25) is 15.0 Å². The van der Waals surface area contributed by atoms with E-state index in [0.717, 1.165) is 16.6 Å². The number of benzene rings is 1. The third-order valence-corrected chi connectivity index (χ3v) is 3.09. The third kappa shape index (κ3) is 2.24. The molecule has 0 atom stereocenters. The summed E-state index contributed by atoms with van der Waals surface area (Å²) < 4.78 is 1.94. The minimum atomic E-state index is -0.538. The van der Waals surface area contributed by atoms with Gasteiger partial charge in [0.2, 0.25) is 0 Å². The smallest absolute Gasteiger partial charge is 0.274 e. The van der Waals surface area contributed by atoms with Crippen molar-refractivity contribution in [2.75, 3.05) is 0 Å². The molecule has 0 unspecified atom stereocenters. The van der Waals surface area contributed by atoms with Gasteiger partial charge in [0.25, 0.3) is 5.91 Å². The SMILES string of the molecule is O=C(NO)c1ccc2ncn(Cc3ccncc3)c2c1. The molecule has 1 amide bonds. The molecule has 0 aliphatic heterocycles. The number of hydroxylamine groups is 1. The van der Waals surface area contributed by atoms with Crippen LogP contribution in [0.4, 0.5) is 0 Å². The Labute approximate surface area is 114 Å². The molecule has 6 nitrogen and oxygen atoms in total. The molecule has 0 aliphatic rings. The first-order chi connectivity index (χ1) is 9.78. The van der Waals surface area contributed by atoms with Crippen molar-refractivity contribution in [1.82, 2.24) is 20.0 Å². The Morgan fingerprint density at radius 2 is 2.05 bits per heavy atom. The van der Waals surface area contributed by atoms with Crippen LogP contribution >= 0.6 is 0 Å². The highest BCUT2D eigenvalue weighted by atomic mass is 16.5. The molecule has 0 aliphatic carbocycles. The molecule has 2 heterocycles. The zero-order chi connectivity index (χ0) is 13.9. The number of hydrogen-bond acceptors (Lipinski definition) is 4. The lowest BCUT2D eigenvalue weighted by atomic mass is 10.2. The van der Waals surface area contributed by atoms with E-state index in [1.54, 1.807) is 42.4 Å². The Hall–Kier alpha value is -2.73. The fourth-order valence-electron chi connectivity index (χ4n) is 2.07. The van der Waals surface area contributed by atoms with Crippen LogP contribution < -0.4 is 5.48 Å². The Kier molecular flexibility index (Phi) is 3.14. The fraction of sp³-hybridized carbons (Fsp3) is 0.0714. The number of aromatic nitrogens is 3. The lowest BCUT2D eigenvalue weighted by Crippen LogP contribution is -2.18. The van der Waals surface area contributed by atoms with Crippen molar-refractivity contribution in [2.24, 2.45) is 0 Å². The van der Waals surface area contributed by atoms with Crippen molar-refractivity contribution >= 4 is 16.9 Å². The normalized spacial score (nSPS) is 10.7. The van der Waals surface area contributed by atoms with E-state index in [2.05, 4.69) is 9.97 Å². The predicted molar refractivity (Wildman–Crippen MR) is 72.3 cm³/mol. The van der Waals surface area contributed by atoms with Crippen molar-refractivity contribution in [1.29, 1.82) is 0 Å². The second-order valence-electron chi connectivity index (χ2n) is 4.37. The quantitative estimate of drug-likeness (QED) is 0.558. The molecule has 0 saturated heterocycles. The molecular formula is C14H12N4O2. The van der Waals surface area contributed by atoms with E-state index >= 15 is 0 Å². The van der Waals surface area contributed by atoms with Crippen LogP contribution in [-0.4, -0.2) is 25.6 Å². The minimum absolute atomic E-state index is 0.386. The summed E-state index contributed by atoms with van der Waals surface area (Å²) in [5.74, 6) is -0.538. The Morgan fingerprint density at radius 3 is 2.80 bits per heavy atom. The van der Waals surface area contributed by atoms with Gasteiger partial charge in [0, 0.05) is 24.5 Å². The second-order valence-corrected chi connectivity index (χ2v) is 4.37. The van der Waals surface area contributed by atoms with Gasteiger partial charge in [-0.2, -0.15) is 0 Å². The Bertz CT molecular complexity index is 752. The molecule has 2 aromatic heterocycles. The van der Waals surface area contributed by atoms with Gasteiger partial charge < -0.3 is 4.57 Å². The number of hydrogen-bond donors (Lipinski definition) is 2. The minimum Gasteiger partial charge on any atom is -0.326 e. The highest BCUT2D eigenvalue weighted by Gasteiger charge is 2.08. The Morgan fingerprint density at radius 1 is 1.25 bits per heavy atom. The lowest BCUT2D eigenvalue weighted by molar-refractivity contribution is 0.0706. The summed E-state index contributed by atoms with van der Waals surface area (Å²) in [5.41, 5.74) is 4.75. The largest absolute Gasteiger partial charge is 0.326 e. The van der Waals surface area contributed by atoms with Crippen LogP contribution in [0.1, 0.15) is 15.9 Å². The molecule has 0 fully saturated rings. The van der Waals surface area contributed by atoms with Crippen LogP contribution in [0.25, 0.3) is 11.0 Å². The highest BCUT2D eigenvalue weighted by molar-refractivity contribution is 5.96. The second kappa shape index (κ2) is 5.10. The average molecular weight is 268 g/mol. The van der Waals surface area contributed by atoms with Crippen LogP contribution in [0.2, 0.25) is 0 Å². The first-order valence-corrected chi connectivity index (χ1v) is 6.06. The van der Waals surface area contributed by atoms with Crippen LogP contribution in [0.15, 0.2) is 49.1 Å². The summed E-state index contributed by atoms with van der Waals surface area (Å²) >= 11 is 0. The summed E-state index contributed by atoms with van der Waals surface area (Å²) in [5, 5.41) is 8.69. The molecule has 0 radical (unpaired) electrons. The van der Waals surface area contributed by atoms with Crippen LogP contribution in [0.3, 0.4) is 0 Å². The molecule has 1 aromatic carbocycles. The van der Waals surface area contributed by atoms with Gasteiger partial charge in [-0.05, 0) is 35.9 Å². The number of amides is 1. The number of carbonyl (C=O) groups is 1. The van der Waals surface area contributed by atoms with Gasteiger partial charge >= 0.3 is 0 Å². The molecule has 2 N–H and O–H groups in total. The van der Waals surface area contributed by atoms with E-state index in [9.17, 15) is 4.79 Å². The van der Waals surface area contributed by atoms with Crippen molar-refractivity contribution in [3.63, 3.8) is 0 Å². The van der Waals surface area contributed by atoms with Crippen molar-refractivity contribution in [2.45, 2.75) is 6.54 Å². The molecule has 0 saturated carbocycles. The van der Waals surface area contributed by atoms with Crippen LogP contribution in [-0.2, 0) is 6.54 Å². The van der Waals surface area contributed by atoms with E-state index in [1.165, 1.54) is 0 Å². The zero-order valence-corrected chi connectivity index (χ0v) is 10.5. The molecule has 3 aromatic rings. The first-order valence-electron chi connectivity index (χ1n) is 6.06. The van der Waals surface area contributed by atoms with E-state index < -0.39 is 5.91 Å². The van der Waals surface area contributed by atoms with Crippen LogP contribution in [0.5, 0.6) is 0 Å². The standard InChI is InChI=1S/C14H12N4O2/c19-14(17-20)11-1-2-12-13(7-11)18(9-16-12)8-10-3-5-15-6-4-10/h1-7,9,20H,8H2,(H,17,19). The van der Waals surface area contributed by atoms with Gasteiger partial charge in [-0.25, -0.2) is 10.5 Å². The van der Waals surface area contributed by atoms with Gasteiger partial charge in [0.05, 0.1) is 17.4 Å². The molecule has 100 valence electrons. The summed E-state index contributed by atoms with van der Waals surface area (Å²) in [6, 6.07) is 8.93. The average Bonchev–Trinajstić information content (AvgIpc) is 2.90. The van der Waals surface area contributed by atoms with Gasteiger partial charge in [-0.1, -0.05) is 0 Å². The maximum atomic E-state index is 11.4. The first kappa shape index (κ1) is 12.3. The number of rotatable bonds is 3. The predicted octanol–water partition coefficient (Wildman–Crippen LogP) is 1.60. The van der Waals surface area contributed by atoms with Crippen molar-refractivity contribution in [3.8, 4) is 0 Å². The summed E-state index contributed by atoms with van der Waals surface area (Å²) in [4.78, 5) is 19.7. The van der Waals surface area contributed by atoms with Gasteiger partial charge in [0.15, 0.2) is 0 Å². The number of pyridine rings is 1. The van der Waals surface area contributed by atoms with E-state index in [0.29, 0.717) is 12.1 Å². The van der Waals surface area contributed by atoms with E-state index in [4.69, 9.17) is 5.21 Å². The summed E-state index contributed by atoms with van der Waals surface area (Å²) in [6.07, 6.45) is 5.20. The molecule has 3 rings (SSSR count). The van der Waals surface area contributed by atoms with Crippen LogP contribution in [0, 0.1) is 0 Å². The molecular weight excluding hydrogens is 256 g/mol. The van der Waals surface area contributed by atoms with Crippen molar-refractivity contribution < 1.29 is 10.0 Å². The monoisotopic (exact) mass is 268 g/mol. The van der Waals surface area contributed by atoms with Gasteiger partial charge in [0.1, 0.15) is 0 Å². The third-order valence-electron chi connectivity index (χ3n) is 3.09. The molecule has 0 spiro atoms. The number of fused-ring (bicyclic) bond motifs is 1. The van der Waals surface area contributed by atoms with Crippen molar-refractivity contribution in [3.05, 3.63) is 60.2 Å². The number of carbonyl (C=O) groups excluding carboxylic acids is 1. The molecule has 0 bridgehead atoms. The van der Waals surface area contributed by atoms with E-state index in [-0.39, 0.29) is 0 Å². The summed E-state index contributed by atoms with van der Waals surface area (Å²) in [7, 11) is 0. The fourth-order valence-corrected chi connectivity index (χ4v) is 2.07. The Balaban J connectivity index is 2.01. The van der Waals surface area contributed by atoms with Gasteiger partial charge in [-0.15, -0.1) is 0 Å². The lowest BCUT2D eigenvalue weighted by Gasteiger charge is -2.05. The number of imidazole rings is 1. The maximum Gasteiger partial charge on any atom is 0.274 e. The van der Waals surface area contributed by atoms with E-state index in [1.807, 2.05) is 16.7 Å². The highest BCUT2D eigenvalue weighted by Crippen LogP contribution is 2.16. The maximum absolute atomic E-state index is 11.4. The molecule has 6 heteroatoms. The number of nitrogens with one attached hydrogen (secondary N) is 1. The zero-order valence-electron chi connectivity index (χ0n) is 10.5. The summed E-state index contributed by atoms with van der Waals surface area (Å²) in [6.45, 7) is 0.642.